The van der Waals surface area contributed by atoms with Gasteiger partial charge in [-0.25, -0.2) is 4.79 Å². The van der Waals surface area contributed by atoms with Crippen LogP contribution in [-0.2, 0) is 11.3 Å². The molecule has 1 amide bonds. The van der Waals surface area contributed by atoms with Crippen molar-refractivity contribution in [2.75, 3.05) is 6.54 Å². The summed E-state index contributed by atoms with van der Waals surface area (Å²) in [6.45, 7) is 0.861. The normalized spacial score (nSPS) is 14.4. The number of rotatable bonds is 6. The first kappa shape index (κ1) is 23.1. The summed E-state index contributed by atoms with van der Waals surface area (Å²) in [5, 5.41) is 13.7. The highest BCUT2D eigenvalue weighted by molar-refractivity contribution is 6.42. The summed E-state index contributed by atoms with van der Waals surface area (Å²) in [5.41, 5.74) is -1.58. The van der Waals surface area contributed by atoms with Crippen LogP contribution in [0.3, 0.4) is 0 Å². The van der Waals surface area contributed by atoms with E-state index in [0.717, 1.165) is 28.4 Å². The molecule has 0 unspecified atom stereocenters. The summed E-state index contributed by atoms with van der Waals surface area (Å²) in [4.78, 5) is 50.2. The Bertz CT molecular complexity index is 1130. The third kappa shape index (κ3) is 5.02. The number of nitrogens with one attached hydrogen (secondary N) is 1. The Morgan fingerprint density at radius 2 is 1.81 bits per heavy atom. The largest absolute Gasteiger partial charge is 0.494 e. The predicted molar refractivity (Wildman–Crippen MR) is 117 cm³/mol. The lowest BCUT2D eigenvalue weighted by Gasteiger charge is -2.25. The Balaban J connectivity index is 2.15. The summed E-state index contributed by atoms with van der Waals surface area (Å²) in [5.74, 6) is -1.98. The minimum absolute atomic E-state index is 0.123. The number of hydrogen-bond donors (Lipinski definition) is 2. The van der Waals surface area contributed by atoms with Gasteiger partial charge in [-0.1, -0.05) is 48.5 Å². The fourth-order valence-electron chi connectivity index (χ4n) is 3.77. The van der Waals surface area contributed by atoms with Gasteiger partial charge in [0.15, 0.2) is 5.56 Å². The van der Waals surface area contributed by atoms with Crippen LogP contribution in [0, 0.1) is 0 Å². The van der Waals surface area contributed by atoms with Gasteiger partial charge in [-0.2, -0.15) is 0 Å². The van der Waals surface area contributed by atoms with Crippen LogP contribution in [0.15, 0.2) is 27.8 Å². The number of aromatic nitrogens is 2. The first-order chi connectivity index (χ1) is 14.7. The van der Waals surface area contributed by atoms with Gasteiger partial charge in [0.25, 0.3) is 11.5 Å². The third-order valence-corrected chi connectivity index (χ3v) is 6.08. The monoisotopic (exact) mass is 467 g/mol. The van der Waals surface area contributed by atoms with Crippen molar-refractivity contribution in [3.8, 4) is 5.88 Å². The van der Waals surface area contributed by atoms with Crippen molar-refractivity contribution in [2.24, 2.45) is 0 Å². The molecule has 0 aliphatic heterocycles. The number of Topliss-reactive ketones (excluding diaryl/α,β-unsaturated/α-hetero) is 1. The summed E-state index contributed by atoms with van der Waals surface area (Å²) in [6.07, 6.45) is 3.97. The van der Waals surface area contributed by atoms with Crippen molar-refractivity contribution in [1.29, 1.82) is 0 Å². The molecule has 1 saturated carbocycles. The molecule has 3 rings (SSSR count). The summed E-state index contributed by atoms with van der Waals surface area (Å²) >= 11 is 12.0. The smallest absolute Gasteiger partial charge is 0.334 e. The molecule has 8 nitrogen and oxygen atoms in total. The molecule has 1 aromatic carbocycles. The van der Waals surface area contributed by atoms with Crippen LogP contribution < -0.4 is 16.6 Å². The van der Waals surface area contributed by atoms with E-state index in [1.54, 1.807) is 18.2 Å². The molecular weight excluding hydrogens is 445 g/mol. The molecule has 1 aliphatic carbocycles. The van der Waals surface area contributed by atoms with Gasteiger partial charge >= 0.3 is 5.69 Å². The molecule has 0 bridgehead atoms. The lowest BCUT2D eigenvalue weighted by molar-refractivity contribution is -0.116. The van der Waals surface area contributed by atoms with E-state index in [1.807, 2.05) is 0 Å². The van der Waals surface area contributed by atoms with E-state index in [1.165, 1.54) is 6.92 Å². The Morgan fingerprint density at radius 3 is 2.42 bits per heavy atom. The fourth-order valence-corrected chi connectivity index (χ4v) is 4.10. The quantitative estimate of drug-likeness (QED) is 0.678. The molecule has 0 atom stereocenters. The number of carbonyl (C=O) groups is 2. The van der Waals surface area contributed by atoms with Gasteiger partial charge in [-0.05, 0) is 37.5 Å². The van der Waals surface area contributed by atoms with Crippen LogP contribution >= 0.6 is 23.2 Å². The third-order valence-electron chi connectivity index (χ3n) is 5.34. The van der Waals surface area contributed by atoms with E-state index >= 15 is 0 Å². The van der Waals surface area contributed by atoms with Crippen molar-refractivity contribution in [3.05, 3.63) is 60.2 Å². The van der Waals surface area contributed by atoms with Gasteiger partial charge in [0.1, 0.15) is 5.78 Å². The summed E-state index contributed by atoms with van der Waals surface area (Å²) in [6, 6.07) is 4.36. The molecule has 2 N–H and O–H groups in total. The molecule has 0 spiro atoms. The number of carbonyl (C=O) groups excluding carboxylic acids is 2. The average molecular weight is 468 g/mol. The Hall–Kier alpha value is -2.58. The standard InChI is InChI=1S/C21H23Cl2N3O5/c1-12(27)10-24-18(28)17-19(29)25(11-13-7-8-15(22)16(23)9-13)21(31)26(20(17)30)14-5-3-2-4-6-14/h7-9,14,29H,2-6,10-11H2,1H3,(H,24,28). The van der Waals surface area contributed by atoms with Crippen LogP contribution in [-0.4, -0.2) is 32.5 Å². The number of nitrogens with zero attached hydrogens (tertiary/aromatic N) is 2. The number of halogens is 2. The maximum absolute atomic E-state index is 13.2. The molecular formula is C21H23Cl2N3O5. The second-order valence-corrected chi connectivity index (χ2v) is 8.48. The van der Waals surface area contributed by atoms with Crippen LogP contribution in [0.4, 0.5) is 0 Å². The second-order valence-electron chi connectivity index (χ2n) is 7.67. The van der Waals surface area contributed by atoms with Crippen LogP contribution in [0.25, 0.3) is 0 Å². The van der Waals surface area contributed by atoms with E-state index in [4.69, 9.17) is 23.2 Å². The zero-order chi connectivity index (χ0) is 22.7. The second kappa shape index (κ2) is 9.70. The summed E-state index contributed by atoms with van der Waals surface area (Å²) < 4.78 is 2.03. The molecule has 166 valence electrons. The van der Waals surface area contributed by atoms with Gasteiger partial charge < -0.3 is 10.4 Å². The highest BCUT2D eigenvalue weighted by Gasteiger charge is 2.28. The van der Waals surface area contributed by atoms with E-state index in [0.29, 0.717) is 23.4 Å². The summed E-state index contributed by atoms with van der Waals surface area (Å²) in [7, 11) is 0. The first-order valence-corrected chi connectivity index (χ1v) is 10.8. The number of aromatic hydroxyl groups is 1. The zero-order valence-corrected chi connectivity index (χ0v) is 18.5. The van der Waals surface area contributed by atoms with Gasteiger partial charge in [0, 0.05) is 6.04 Å². The van der Waals surface area contributed by atoms with Gasteiger partial charge in [0.2, 0.25) is 5.88 Å². The zero-order valence-electron chi connectivity index (χ0n) is 17.0. The molecule has 10 heteroatoms. The Kier molecular flexibility index (Phi) is 7.23. The average Bonchev–Trinajstić information content (AvgIpc) is 2.73. The Labute approximate surface area is 188 Å². The highest BCUT2D eigenvalue weighted by Crippen LogP contribution is 2.27. The van der Waals surface area contributed by atoms with E-state index in [2.05, 4.69) is 5.32 Å². The van der Waals surface area contributed by atoms with Gasteiger partial charge in [-0.3, -0.25) is 23.5 Å². The van der Waals surface area contributed by atoms with E-state index in [-0.39, 0.29) is 29.9 Å². The molecule has 2 aromatic rings. The van der Waals surface area contributed by atoms with E-state index in [9.17, 15) is 24.3 Å². The number of ketones is 1. The maximum Gasteiger partial charge on any atom is 0.334 e. The lowest BCUT2D eigenvalue weighted by atomic mass is 9.95. The maximum atomic E-state index is 13.2. The number of amides is 1. The molecule has 1 aromatic heterocycles. The Morgan fingerprint density at radius 1 is 1.13 bits per heavy atom. The molecule has 1 aliphatic rings. The van der Waals surface area contributed by atoms with E-state index < -0.39 is 28.6 Å². The fraction of sp³-hybridized carbons (Fsp3) is 0.429. The molecule has 0 radical (unpaired) electrons. The van der Waals surface area contributed by atoms with Crippen molar-refractivity contribution in [3.63, 3.8) is 0 Å². The van der Waals surface area contributed by atoms with Gasteiger partial charge in [-0.15, -0.1) is 0 Å². The topological polar surface area (TPSA) is 110 Å². The van der Waals surface area contributed by atoms with Crippen molar-refractivity contribution >= 4 is 34.9 Å². The molecule has 1 fully saturated rings. The predicted octanol–water partition coefficient (Wildman–Crippen LogP) is 2.89. The molecule has 0 saturated heterocycles. The number of hydrogen-bond acceptors (Lipinski definition) is 5. The van der Waals surface area contributed by atoms with Crippen molar-refractivity contribution < 1.29 is 14.7 Å². The van der Waals surface area contributed by atoms with Crippen molar-refractivity contribution in [1.82, 2.24) is 14.5 Å². The SMILES string of the molecule is CC(=O)CNC(=O)c1c(O)n(Cc2ccc(Cl)c(Cl)c2)c(=O)n(C2CCCCC2)c1=O. The lowest BCUT2D eigenvalue weighted by Crippen LogP contribution is -2.46. The van der Waals surface area contributed by atoms with Crippen LogP contribution in [0.2, 0.25) is 10.0 Å². The van der Waals surface area contributed by atoms with Gasteiger partial charge in [0.05, 0.1) is 23.1 Å². The van der Waals surface area contributed by atoms with Crippen LogP contribution in [0.5, 0.6) is 5.88 Å². The van der Waals surface area contributed by atoms with Crippen molar-refractivity contribution in [2.45, 2.75) is 51.6 Å². The number of benzene rings is 1. The first-order valence-electron chi connectivity index (χ1n) is 10.0. The van der Waals surface area contributed by atoms with Crippen LogP contribution in [0.1, 0.15) is 61.0 Å². The minimum atomic E-state index is -0.912. The highest BCUT2D eigenvalue weighted by atomic mass is 35.5. The minimum Gasteiger partial charge on any atom is -0.494 e. The molecule has 1 heterocycles. The molecule has 31 heavy (non-hydrogen) atoms.